The minimum Gasteiger partial charge on any atom is -0.481 e. The zero-order valence-electron chi connectivity index (χ0n) is 10.7. The molecule has 0 spiro atoms. The predicted molar refractivity (Wildman–Crippen MR) is 66.2 cm³/mol. The largest absolute Gasteiger partial charge is 0.481 e. The van der Waals surface area contributed by atoms with E-state index in [1.165, 1.54) is 16.3 Å². The number of hydrogen-bond acceptors (Lipinski definition) is 5. The highest BCUT2D eigenvalue weighted by Gasteiger charge is 2.28. The SMILES string of the molecule is COC(=O)N1CCN(S(=O)(=O)CCCC(=O)O)CC1. The number of ether oxygens (including phenoxy) is 1. The summed E-state index contributed by atoms with van der Waals surface area (Å²) in [6, 6.07) is 0. The van der Waals surface area contributed by atoms with Crippen LogP contribution in [-0.2, 0) is 19.6 Å². The number of amides is 1. The van der Waals surface area contributed by atoms with Crippen LogP contribution in [0.2, 0.25) is 0 Å². The molecule has 1 aliphatic heterocycles. The molecular formula is C10H18N2O6S. The van der Waals surface area contributed by atoms with Crippen molar-refractivity contribution >= 4 is 22.1 Å². The van der Waals surface area contributed by atoms with Crippen LogP contribution in [0.4, 0.5) is 4.79 Å². The van der Waals surface area contributed by atoms with Crippen molar-refractivity contribution in [3.63, 3.8) is 0 Å². The molecule has 1 N–H and O–H groups in total. The molecule has 1 heterocycles. The van der Waals surface area contributed by atoms with Crippen LogP contribution in [-0.4, -0.2) is 73.8 Å². The van der Waals surface area contributed by atoms with Crippen molar-refractivity contribution in [2.75, 3.05) is 39.0 Å². The number of carbonyl (C=O) groups is 2. The second-order valence-corrected chi connectivity index (χ2v) is 6.26. The molecule has 110 valence electrons. The van der Waals surface area contributed by atoms with Crippen molar-refractivity contribution in [2.45, 2.75) is 12.8 Å². The lowest BCUT2D eigenvalue weighted by atomic mass is 10.3. The summed E-state index contributed by atoms with van der Waals surface area (Å²) in [5.74, 6) is -1.19. The molecule has 0 atom stereocenters. The molecule has 0 radical (unpaired) electrons. The molecule has 19 heavy (non-hydrogen) atoms. The van der Waals surface area contributed by atoms with E-state index < -0.39 is 22.1 Å². The van der Waals surface area contributed by atoms with Gasteiger partial charge in [-0.3, -0.25) is 4.79 Å². The van der Waals surface area contributed by atoms with Gasteiger partial charge in [0.05, 0.1) is 12.9 Å². The minimum absolute atomic E-state index is 0.0921. The molecule has 1 aliphatic rings. The topological polar surface area (TPSA) is 104 Å². The Kier molecular flexibility index (Phi) is 5.55. The van der Waals surface area contributed by atoms with Crippen LogP contribution in [0.1, 0.15) is 12.8 Å². The Morgan fingerprint density at radius 2 is 1.79 bits per heavy atom. The monoisotopic (exact) mass is 294 g/mol. The number of nitrogens with zero attached hydrogens (tertiary/aromatic N) is 2. The molecule has 8 nitrogen and oxygen atoms in total. The van der Waals surface area contributed by atoms with E-state index in [0.29, 0.717) is 0 Å². The van der Waals surface area contributed by atoms with Gasteiger partial charge in [-0.25, -0.2) is 13.2 Å². The molecular weight excluding hydrogens is 276 g/mol. The van der Waals surface area contributed by atoms with E-state index in [-0.39, 0.29) is 44.8 Å². The Bertz CT molecular complexity index is 427. The van der Waals surface area contributed by atoms with Crippen molar-refractivity contribution in [1.82, 2.24) is 9.21 Å². The third kappa shape index (κ3) is 4.67. The molecule has 9 heteroatoms. The highest BCUT2D eigenvalue weighted by molar-refractivity contribution is 7.89. The Labute approximate surface area is 112 Å². The van der Waals surface area contributed by atoms with E-state index in [2.05, 4.69) is 4.74 Å². The second kappa shape index (κ2) is 6.71. The Morgan fingerprint density at radius 1 is 1.21 bits per heavy atom. The van der Waals surface area contributed by atoms with Crippen LogP contribution >= 0.6 is 0 Å². The minimum atomic E-state index is -3.44. The lowest BCUT2D eigenvalue weighted by molar-refractivity contribution is -0.137. The number of carboxylic acids is 1. The first-order chi connectivity index (χ1) is 8.86. The van der Waals surface area contributed by atoms with Crippen molar-refractivity contribution in [1.29, 1.82) is 0 Å². The number of sulfonamides is 1. The maximum absolute atomic E-state index is 11.9. The number of rotatable bonds is 5. The number of aliphatic carboxylic acids is 1. The van der Waals surface area contributed by atoms with Crippen LogP contribution in [0.5, 0.6) is 0 Å². The van der Waals surface area contributed by atoms with Crippen molar-refractivity contribution in [2.24, 2.45) is 0 Å². The fourth-order valence-corrected chi connectivity index (χ4v) is 3.30. The Balaban J connectivity index is 2.45. The summed E-state index contributed by atoms with van der Waals surface area (Å²) in [4.78, 5) is 23.0. The first-order valence-corrected chi connectivity index (χ1v) is 7.50. The summed E-state index contributed by atoms with van der Waals surface area (Å²) in [5.41, 5.74) is 0. The molecule has 0 aromatic carbocycles. The van der Waals surface area contributed by atoms with Crippen LogP contribution in [0, 0.1) is 0 Å². The molecule has 1 saturated heterocycles. The Hall–Kier alpha value is -1.35. The Morgan fingerprint density at radius 3 is 2.26 bits per heavy atom. The quantitative estimate of drug-likeness (QED) is 0.737. The van der Waals surface area contributed by atoms with Crippen LogP contribution in [0.3, 0.4) is 0 Å². The molecule has 0 aromatic rings. The standard InChI is InChI=1S/C10H18N2O6S/c1-18-10(15)11-4-6-12(7-5-11)19(16,17)8-2-3-9(13)14/h2-8H2,1H3,(H,13,14). The zero-order valence-corrected chi connectivity index (χ0v) is 11.6. The summed E-state index contributed by atoms with van der Waals surface area (Å²) in [6.07, 6.45) is -0.543. The molecule has 0 aliphatic carbocycles. The average Bonchev–Trinajstić information content (AvgIpc) is 2.37. The lowest BCUT2D eigenvalue weighted by Crippen LogP contribution is -2.51. The number of hydrogen-bond donors (Lipinski definition) is 1. The van der Waals surface area contributed by atoms with E-state index in [0.717, 1.165) is 0 Å². The van der Waals surface area contributed by atoms with E-state index in [4.69, 9.17) is 5.11 Å². The molecule has 1 amide bonds. The van der Waals surface area contributed by atoms with Gasteiger partial charge in [-0.05, 0) is 6.42 Å². The molecule has 0 unspecified atom stereocenters. The van der Waals surface area contributed by atoms with Gasteiger partial charge in [-0.15, -0.1) is 0 Å². The summed E-state index contributed by atoms with van der Waals surface area (Å²) in [5, 5.41) is 8.48. The molecule has 0 bridgehead atoms. The number of piperazine rings is 1. The van der Waals surface area contributed by atoms with Gasteiger partial charge in [0, 0.05) is 32.6 Å². The summed E-state index contributed by atoms with van der Waals surface area (Å²) in [7, 11) is -2.17. The van der Waals surface area contributed by atoms with Gasteiger partial charge in [0.1, 0.15) is 0 Å². The van der Waals surface area contributed by atoms with E-state index >= 15 is 0 Å². The van der Waals surface area contributed by atoms with Crippen LogP contribution in [0.15, 0.2) is 0 Å². The van der Waals surface area contributed by atoms with Gasteiger partial charge in [0.2, 0.25) is 10.0 Å². The van der Waals surface area contributed by atoms with Gasteiger partial charge in [-0.1, -0.05) is 0 Å². The normalized spacial score (nSPS) is 17.2. The molecule has 1 rings (SSSR count). The fourth-order valence-electron chi connectivity index (χ4n) is 1.81. The highest BCUT2D eigenvalue weighted by atomic mass is 32.2. The van der Waals surface area contributed by atoms with E-state index in [1.54, 1.807) is 0 Å². The smallest absolute Gasteiger partial charge is 0.409 e. The summed E-state index contributed by atoms with van der Waals surface area (Å²) < 4.78 is 29.7. The number of methoxy groups -OCH3 is 1. The fraction of sp³-hybridized carbons (Fsp3) is 0.800. The third-order valence-corrected chi connectivity index (χ3v) is 4.81. The number of carboxylic acid groups (broad SMARTS) is 1. The maximum Gasteiger partial charge on any atom is 0.409 e. The first kappa shape index (κ1) is 15.7. The van der Waals surface area contributed by atoms with E-state index in [9.17, 15) is 18.0 Å². The summed E-state index contributed by atoms with van der Waals surface area (Å²) in [6.45, 7) is 0.991. The van der Waals surface area contributed by atoms with Gasteiger partial charge < -0.3 is 14.7 Å². The molecule has 0 saturated carbocycles. The predicted octanol–water partition coefficient (Wildman–Crippen LogP) is -0.435. The molecule has 1 fully saturated rings. The second-order valence-electron chi connectivity index (χ2n) is 4.17. The zero-order chi connectivity index (χ0) is 14.5. The van der Waals surface area contributed by atoms with Gasteiger partial charge in [-0.2, -0.15) is 4.31 Å². The lowest BCUT2D eigenvalue weighted by Gasteiger charge is -2.33. The highest BCUT2D eigenvalue weighted by Crippen LogP contribution is 2.10. The first-order valence-electron chi connectivity index (χ1n) is 5.89. The van der Waals surface area contributed by atoms with Crippen LogP contribution < -0.4 is 0 Å². The van der Waals surface area contributed by atoms with Gasteiger partial charge >= 0.3 is 12.1 Å². The van der Waals surface area contributed by atoms with Gasteiger partial charge in [0.25, 0.3) is 0 Å². The third-order valence-electron chi connectivity index (χ3n) is 2.86. The average molecular weight is 294 g/mol. The molecule has 0 aromatic heterocycles. The van der Waals surface area contributed by atoms with E-state index in [1.807, 2.05) is 0 Å². The van der Waals surface area contributed by atoms with Crippen LogP contribution in [0.25, 0.3) is 0 Å². The van der Waals surface area contributed by atoms with Gasteiger partial charge in [0.15, 0.2) is 0 Å². The van der Waals surface area contributed by atoms with Crippen molar-refractivity contribution < 1.29 is 27.9 Å². The van der Waals surface area contributed by atoms with Crippen molar-refractivity contribution in [3.8, 4) is 0 Å². The van der Waals surface area contributed by atoms with Crippen molar-refractivity contribution in [3.05, 3.63) is 0 Å². The summed E-state index contributed by atoms with van der Waals surface area (Å²) >= 11 is 0. The number of carbonyl (C=O) groups excluding carboxylic acids is 1. The maximum atomic E-state index is 11.9.